The third kappa shape index (κ3) is 6.05. The SMILES string of the molecule is C=CCc1cc(CNCCNCCO)cc(OC)c1OCC. The van der Waals surface area contributed by atoms with Crippen LogP contribution >= 0.6 is 0 Å². The van der Waals surface area contributed by atoms with E-state index >= 15 is 0 Å². The fourth-order valence-electron chi connectivity index (χ4n) is 2.21. The third-order valence-corrected chi connectivity index (χ3v) is 3.16. The van der Waals surface area contributed by atoms with E-state index in [1.165, 1.54) is 0 Å². The molecule has 0 aliphatic rings. The molecule has 0 heterocycles. The summed E-state index contributed by atoms with van der Waals surface area (Å²) in [5.74, 6) is 1.56. The number of methoxy groups -OCH3 is 1. The van der Waals surface area contributed by atoms with Crippen LogP contribution in [-0.4, -0.2) is 45.1 Å². The molecule has 0 fully saturated rings. The number of allylic oxidation sites excluding steroid dienone is 1. The second-order valence-corrected chi connectivity index (χ2v) is 4.86. The second-order valence-electron chi connectivity index (χ2n) is 4.86. The van der Waals surface area contributed by atoms with E-state index in [1.54, 1.807) is 7.11 Å². The van der Waals surface area contributed by atoms with Gasteiger partial charge in [0.2, 0.25) is 0 Å². The normalized spacial score (nSPS) is 10.5. The summed E-state index contributed by atoms with van der Waals surface area (Å²) >= 11 is 0. The van der Waals surface area contributed by atoms with Crippen LogP contribution in [0.4, 0.5) is 0 Å². The quantitative estimate of drug-likeness (QED) is 0.403. The molecule has 0 atom stereocenters. The van der Waals surface area contributed by atoms with Crippen LogP contribution in [0.2, 0.25) is 0 Å². The summed E-state index contributed by atoms with van der Waals surface area (Å²) in [7, 11) is 1.66. The van der Waals surface area contributed by atoms with Crippen molar-refractivity contribution in [3.63, 3.8) is 0 Å². The lowest BCUT2D eigenvalue weighted by atomic mass is 10.1. The van der Waals surface area contributed by atoms with Gasteiger partial charge in [0.05, 0.1) is 20.3 Å². The number of hydrogen-bond acceptors (Lipinski definition) is 5. The van der Waals surface area contributed by atoms with Gasteiger partial charge in [-0.1, -0.05) is 12.1 Å². The Kier molecular flexibility index (Phi) is 9.30. The first-order chi connectivity index (χ1) is 10.8. The van der Waals surface area contributed by atoms with Crippen LogP contribution in [0, 0.1) is 0 Å². The maximum atomic E-state index is 8.69. The van der Waals surface area contributed by atoms with Crippen LogP contribution in [0.15, 0.2) is 24.8 Å². The minimum Gasteiger partial charge on any atom is -0.493 e. The number of aliphatic hydroxyl groups is 1. The minimum atomic E-state index is 0.168. The maximum Gasteiger partial charge on any atom is 0.164 e. The highest BCUT2D eigenvalue weighted by molar-refractivity contribution is 5.50. The molecule has 1 aromatic carbocycles. The van der Waals surface area contributed by atoms with E-state index in [9.17, 15) is 0 Å². The number of nitrogens with one attached hydrogen (secondary N) is 2. The Labute approximate surface area is 133 Å². The molecule has 5 heteroatoms. The molecule has 0 unspecified atom stereocenters. The van der Waals surface area contributed by atoms with Gasteiger partial charge < -0.3 is 25.2 Å². The van der Waals surface area contributed by atoms with Crippen molar-refractivity contribution < 1.29 is 14.6 Å². The molecule has 22 heavy (non-hydrogen) atoms. The molecule has 3 N–H and O–H groups in total. The van der Waals surface area contributed by atoms with Crippen molar-refractivity contribution in [2.24, 2.45) is 0 Å². The molecule has 0 aliphatic carbocycles. The van der Waals surface area contributed by atoms with Crippen LogP contribution in [-0.2, 0) is 13.0 Å². The molecule has 0 saturated carbocycles. The fraction of sp³-hybridized carbons (Fsp3) is 0.529. The smallest absolute Gasteiger partial charge is 0.164 e. The zero-order valence-corrected chi connectivity index (χ0v) is 13.7. The highest BCUT2D eigenvalue weighted by Gasteiger charge is 2.12. The van der Waals surface area contributed by atoms with Gasteiger partial charge in [0.15, 0.2) is 11.5 Å². The summed E-state index contributed by atoms with van der Waals surface area (Å²) in [5, 5.41) is 15.2. The van der Waals surface area contributed by atoms with Crippen molar-refractivity contribution in [3.05, 3.63) is 35.9 Å². The zero-order chi connectivity index (χ0) is 16.2. The molecule has 1 aromatic rings. The maximum absolute atomic E-state index is 8.69. The topological polar surface area (TPSA) is 62.8 Å². The van der Waals surface area contributed by atoms with Gasteiger partial charge in [-0.2, -0.15) is 0 Å². The largest absolute Gasteiger partial charge is 0.493 e. The van der Waals surface area contributed by atoms with Gasteiger partial charge in [-0.15, -0.1) is 6.58 Å². The van der Waals surface area contributed by atoms with Gasteiger partial charge >= 0.3 is 0 Å². The van der Waals surface area contributed by atoms with Gasteiger partial charge in [-0.3, -0.25) is 0 Å². The van der Waals surface area contributed by atoms with E-state index < -0.39 is 0 Å². The first-order valence-corrected chi connectivity index (χ1v) is 7.72. The van der Waals surface area contributed by atoms with Gasteiger partial charge in [0.25, 0.3) is 0 Å². The Morgan fingerprint density at radius 2 is 2.00 bits per heavy atom. The van der Waals surface area contributed by atoms with E-state index in [-0.39, 0.29) is 6.61 Å². The van der Waals surface area contributed by atoms with Crippen LogP contribution in [0.5, 0.6) is 11.5 Å². The fourth-order valence-corrected chi connectivity index (χ4v) is 2.21. The Balaban J connectivity index is 2.70. The number of rotatable bonds is 12. The van der Waals surface area contributed by atoms with Crippen LogP contribution < -0.4 is 20.1 Å². The monoisotopic (exact) mass is 308 g/mol. The van der Waals surface area contributed by atoms with Crippen molar-refractivity contribution in [2.45, 2.75) is 19.9 Å². The van der Waals surface area contributed by atoms with Crippen LogP contribution in [0.1, 0.15) is 18.1 Å². The molecule has 0 aromatic heterocycles. The average molecular weight is 308 g/mol. The summed E-state index contributed by atoms with van der Waals surface area (Å²) in [4.78, 5) is 0. The molecular formula is C17H28N2O3. The van der Waals surface area contributed by atoms with Crippen molar-refractivity contribution in [1.82, 2.24) is 10.6 Å². The molecule has 124 valence electrons. The molecule has 5 nitrogen and oxygen atoms in total. The molecule has 0 radical (unpaired) electrons. The van der Waals surface area contributed by atoms with Crippen molar-refractivity contribution in [1.29, 1.82) is 0 Å². The molecule has 0 aliphatic heterocycles. The molecule has 0 saturated heterocycles. The van der Waals surface area contributed by atoms with Crippen LogP contribution in [0.3, 0.4) is 0 Å². The highest BCUT2D eigenvalue weighted by Crippen LogP contribution is 2.33. The molecule has 0 bridgehead atoms. The Bertz CT molecular complexity index is 450. The van der Waals surface area contributed by atoms with Gasteiger partial charge in [0.1, 0.15) is 0 Å². The van der Waals surface area contributed by atoms with Crippen LogP contribution in [0.25, 0.3) is 0 Å². The predicted molar refractivity (Wildman–Crippen MR) is 89.7 cm³/mol. The van der Waals surface area contributed by atoms with Gasteiger partial charge in [0, 0.05) is 31.7 Å². The van der Waals surface area contributed by atoms with E-state index in [2.05, 4.69) is 23.3 Å². The Hall–Kier alpha value is -1.56. The standard InChI is InChI=1S/C17H28N2O3/c1-4-6-15-11-14(13-19-8-7-18-9-10-20)12-16(21-3)17(15)22-5-2/h4,11-12,18-20H,1,5-10,13H2,2-3H3. The number of ether oxygens (including phenoxy) is 2. The number of benzene rings is 1. The first-order valence-electron chi connectivity index (χ1n) is 7.72. The van der Waals surface area contributed by atoms with Crippen molar-refractivity contribution in [2.75, 3.05) is 40.0 Å². The lowest BCUT2D eigenvalue weighted by Crippen LogP contribution is -2.28. The average Bonchev–Trinajstić information content (AvgIpc) is 2.53. The van der Waals surface area contributed by atoms with E-state index in [4.69, 9.17) is 14.6 Å². The second kappa shape index (κ2) is 11.1. The minimum absolute atomic E-state index is 0.168. The summed E-state index contributed by atoms with van der Waals surface area (Å²) in [5.41, 5.74) is 2.24. The first kappa shape index (κ1) is 18.5. The zero-order valence-electron chi connectivity index (χ0n) is 13.7. The summed E-state index contributed by atoms with van der Waals surface area (Å²) in [6.07, 6.45) is 2.62. The van der Waals surface area contributed by atoms with E-state index in [0.29, 0.717) is 13.2 Å². The summed E-state index contributed by atoms with van der Waals surface area (Å²) < 4.78 is 11.2. The molecule has 1 rings (SSSR count). The van der Waals surface area contributed by atoms with E-state index in [1.807, 2.05) is 19.1 Å². The predicted octanol–water partition coefficient (Wildman–Crippen LogP) is 1.49. The Morgan fingerprint density at radius 3 is 2.64 bits per heavy atom. The van der Waals surface area contributed by atoms with Crippen molar-refractivity contribution in [3.8, 4) is 11.5 Å². The number of hydrogen-bond donors (Lipinski definition) is 3. The lowest BCUT2D eigenvalue weighted by Gasteiger charge is -2.16. The summed E-state index contributed by atoms with van der Waals surface area (Å²) in [6, 6.07) is 4.13. The van der Waals surface area contributed by atoms with E-state index in [0.717, 1.165) is 48.7 Å². The number of aliphatic hydroxyl groups excluding tert-OH is 1. The molecular weight excluding hydrogens is 280 g/mol. The molecule has 0 amide bonds. The molecule has 0 spiro atoms. The van der Waals surface area contributed by atoms with Crippen molar-refractivity contribution >= 4 is 0 Å². The lowest BCUT2D eigenvalue weighted by molar-refractivity contribution is 0.292. The Morgan fingerprint density at radius 1 is 1.23 bits per heavy atom. The van der Waals surface area contributed by atoms with Gasteiger partial charge in [-0.25, -0.2) is 0 Å². The highest BCUT2D eigenvalue weighted by atomic mass is 16.5. The van der Waals surface area contributed by atoms with Gasteiger partial charge in [-0.05, 0) is 25.0 Å². The summed E-state index contributed by atoms with van der Waals surface area (Å²) in [6.45, 7) is 9.60. The third-order valence-electron chi connectivity index (χ3n) is 3.16.